The minimum atomic E-state index is -1.02. The summed E-state index contributed by atoms with van der Waals surface area (Å²) in [4.78, 5) is 6.55. The largest absolute Gasteiger partial charge is 0.508 e. The Hall–Kier alpha value is -2.78. The number of phenols is 1. The third-order valence-corrected chi connectivity index (χ3v) is 10.2. The van der Waals surface area contributed by atoms with Crippen LogP contribution >= 0.6 is 11.8 Å². The second-order valence-corrected chi connectivity index (χ2v) is 12.7. The second-order valence-electron chi connectivity index (χ2n) is 11.4. The highest BCUT2D eigenvalue weighted by Gasteiger charge is 2.64. The number of hydrogen-bond acceptors (Lipinski definition) is 8. The van der Waals surface area contributed by atoms with Gasteiger partial charge in [-0.1, -0.05) is 48.3 Å². The molecule has 3 aliphatic rings. The van der Waals surface area contributed by atoms with Crippen LogP contribution < -0.4 is 4.74 Å². The van der Waals surface area contributed by atoms with E-state index >= 15 is 0 Å². The number of oxime groups is 1. The van der Waals surface area contributed by atoms with Gasteiger partial charge in [-0.15, -0.1) is 18.3 Å². The van der Waals surface area contributed by atoms with Crippen LogP contribution in [0.2, 0.25) is 0 Å². The van der Waals surface area contributed by atoms with Crippen molar-refractivity contribution < 1.29 is 29.6 Å². The molecule has 8 heteroatoms. The fourth-order valence-electron chi connectivity index (χ4n) is 7.21. The van der Waals surface area contributed by atoms with Gasteiger partial charge >= 0.3 is 0 Å². The zero-order valence-corrected chi connectivity index (χ0v) is 25.2. The van der Waals surface area contributed by atoms with Crippen molar-refractivity contribution in [1.82, 2.24) is 0 Å². The van der Waals surface area contributed by atoms with E-state index in [0.29, 0.717) is 13.0 Å². The number of aliphatic hydroxyl groups is 2. The Morgan fingerprint density at radius 3 is 2.55 bits per heavy atom. The Morgan fingerprint density at radius 1 is 1.07 bits per heavy atom. The van der Waals surface area contributed by atoms with Gasteiger partial charge in [-0.2, -0.15) is 0 Å². The molecule has 0 radical (unpaired) electrons. The van der Waals surface area contributed by atoms with Gasteiger partial charge in [-0.25, -0.2) is 0 Å². The monoisotopic (exact) mass is 593 g/mol. The Kier molecular flexibility index (Phi) is 10.3. The SMILES string of the molecule is C=CCOC12Oc3ccc(O)cc3C3C(CCCCO)C(CCCCO)C=C(C(=NOC)CC1Sc1ccccc1)C32. The van der Waals surface area contributed by atoms with E-state index in [9.17, 15) is 15.3 Å². The van der Waals surface area contributed by atoms with Crippen LogP contribution in [0.15, 0.2) is 82.9 Å². The number of benzene rings is 2. The number of hydrogen-bond donors (Lipinski definition) is 3. The lowest BCUT2D eigenvalue weighted by Crippen LogP contribution is -2.64. The minimum Gasteiger partial charge on any atom is -0.508 e. The average Bonchev–Trinajstić information content (AvgIpc) is 3.00. The number of rotatable bonds is 14. The minimum absolute atomic E-state index is 0.0234. The van der Waals surface area contributed by atoms with Gasteiger partial charge in [0.2, 0.25) is 5.79 Å². The van der Waals surface area contributed by atoms with Crippen LogP contribution in [0.25, 0.3) is 0 Å². The number of phenolic OH excluding ortho intramolecular Hbond substituents is 1. The molecule has 2 aromatic carbocycles. The summed E-state index contributed by atoms with van der Waals surface area (Å²) < 4.78 is 13.9. The van der Waals surface area contributed by atoms with Crippen molar-refractivity contribution in [2.45, 2.75) is 66.8 Å². The quantitative estimate of drug-likeness (QED) is 0.132. The summed E-state index contributed by atoms with van der Waals surface area (Å²) in [5.74, 6) is 0.116. The molecule has 7 nitrogen and oxygen atoms in total. The van der Waals surface area contributed by atoms with Crippen LogP contribution in [0.5, 0.6) is 11.5 Å². The van der Waals surface area contributed by atoms with E-state index in [1.54, 1.807) is 31.0 Å². The van der Waals surface area contributed by atoms with Crippen LogP contribution in [0.1, 0.15) is 56.4 Å². The van der Waals surface area contributed by atoms with Crippen molar-refractivity contribution in [3.8, 4) is 11.5 Å². The topological polar surface area (TPSA) is 101 Å². The van der Waals surface area contributed by atoms with E-state index in [1.165, 1.54) is 0 Å². The predicted octanol–water partition coefficient (Wildman–Crippen LogP) is 6.45. The second kappa shape index (κ2) is 14.1. The highest BCUT2D eigenvalue weighted by molar-refractivity contribution is 8.00. The molecule has 2 aliphatic carbocycles. The molecule has 2 aromatic rings. The van der Waals surface area contributed by atoms with Gasteiger partial charge in [0.05, 0.1) is 23.5 Å². The number of fused-ring (bicyclic) bond motifs is 2. The van der Waals surface area contributed by atoms with Crippen molar-refractivity contribution >= 4 is 17.5 Å². The van der Waals surface area contributed by atoms with Gasteiger partial charge in [0.15, 0.2) is 0 Å². The zero-order chi connectivity index (χ0) is 29.5. The molecule has 1 fully saturated rings. The molecule has 5 rings (SSSR count). The lowest BCUT2D eigenvalue weighted by atomic mass is 9.56. The molecule has 0 amide bonds. The third kappa shape index (κ3) is 6.13. The van der Waals surface area contributed by atoms with Crippen LogP contribution in [0.4, 0.5) is 0 Å². The van der Waals surface area contributed by atoms with Crippen molar-refractivity contribution in [3.05, 3.63) is 78.4 Å². The number of aromatic hydroxyl groups is 1. The summed E-state index contributed by atoms with van der Waals surface area (Å²) >= 11 is 1.73. The lowest BCUT2D eigenvalue weighted by Gasteiger charge is -2.58. The predicted molar refractivity (Wildman–Crippen MR) is 166 cm³/mol. The van der Waals surface area contributed by atoms with Crippen LogP contribution in [-0.4, -0.2) is 59.0 Å². The van der Waals surface area contributed by atoms with E-state index in [1.807, 2.05) is 30.3 Å². The molecule has 6 atom stereocenters. The summed E-state index contributed by atoms with van der Waals surface area (Å²) in [6, 6.07) is 15.7. The molecule has 1 saturated carbocycles. The van der Waals surface area contributed by atoms with Gasteiger partial charge in [0.25, 0.3) is 0 Å². The number of thioether (sulfide) groups is 1. The summed E-state index contributed by atoms with van der Waals surface area (Å²) in [5.41, 5.74) is 2.95. The molecule has 226 valence electrons. The van der Waals surface area contributed by atoms with Gasteiger partial charge in [-0.05, 0) is 73.4 Å². The molecule has 0 spiro atoms. The average molecular weight is 594 g/mol. The van der Waals surface area contributed by atoms with Crippen molar-refractivity contribution in [2.75, 3.05) is 26.9 Å². The molecule has 0 bridgehead atoms. The Morgan fingerprint density at radius 2 is 1.83 bits per heavy atom. The van der Waals surface area contributed by atoms with E-state index in [2.05, 4.69) is 29.9 Å². The van der Waals surface area contributed by atoms with Crippen molar-refractivity contribution in [3.63, 3.8) is 0 Å². The number of nitrogens with zero attached hydrogens (tertiary/aromatic N) is 1. The van der Waals surface area contributed by atoms with E-state index in [-0.39, 0.29) is 47.9 Å². The molecule has 0 saturated heterocycles. The fourth-order valence-corrected chi connectivity index (χ4v) is 8.52. The molecular weight excluding hydrogens is 550 g/mol. The smallest absolute Gasteiger partial charge is 0.231 e. The number of allylic oxidation sites excluding steroid dienone is 1. The number of ether oxygens (including phenoxy) is 2. The summed E-state index contributed by atoms with van der Waals surface area (Å²) in [6.45, 7) is 4.60. The molecular formula is C34H43NO6S. The molecule has 1 heterocycles. The van der Waals surface area contributed by atoms with Crippen LogP contribution in [0, 0.1) is 17.8 Å². The maximum atomic E-state index is 10.7. The first-order chi connectivity index (χ1) is 20.6. The Balaban J connectivity index is 1.72. The number of aliphatic hydroxyl groups excluding tert-OH is 2. The molecule has 1 aliphatic heterocycles. The standard InChI is InChI=1S/C34H43NO6S/c1-3-19-40-34-31(42-25-12-5-4-6-13-25)22-29(35-39-2)27-20-23(11-7-9-17-36)26(14-8-10-18-37)32(33(27)34)28-21-24(38)15-16-30(28)41-34/h3-6,12-13,15-16,20-21,23,26,31-33,36-38H,1,7-11,14,17-19,22H2,2H3. The first-order valence-corrected chi connectivity index (χ1v) is 16.0. The van der Waals surface area contributed by atoms with Crippen molar-refractivity contribution in [1.29, 1.82) is 0 Å². The highest BCUT2D eigenvalue weighted by atomic mass is 32.2. The summed E-state index contributed by atoms with van der Waals surface area (Å²) in [6.07, 6.45) is 9.84. The van der Waals surface area contributed by atoms with Crippen LogP contribution in [0.3, 0.4) is 0 Å². The third-order valence-electron chi connectivity index (χ3n) is 8.86. The van der Waals surface area contributed by atoms with Gasteiger partial charge in [-0.3, -0.25) is 0 Å². The number of unbranched alkanes of at least 4 members (excludes halogenated alkanes) is 2. The lowest BCUT2D eigenvalue weighted by molar-refractivity contribution is -0.223. The molecule has 0 aromatic heterocycles. The van der Waals surface area contributed by atoms with E-state index in [0.717, 1.165) is 66.0 Å². The van der Waals surface area contributed by atoms with Gasteiger partial charge in [0, 0.05) is 36.0 Å². The maximum Gasteiger partial charge on any atom is 0.231 e. The van der Waals surface area contributed by atoms with Crippen LogP contribution in [-0.2, 0) is 9.57 Å². The first kappa shape index (κ1) is 30.7. The summed E-state index contributed by atoms with van der Waals surface area (Å²) in [7, 11) is 1.59. The highest BCUT2D eigenvalue weighted by Crippen LogP contribution is 2.63. The summed E-state index contributed by atoms with van der Waals surface area (Å²) in [5, 5.41) is 34.3. The Labute approximate surface area is 253 Å². The Bertz CT molecular complexity index is 1270. The van der Waals surface area contributed by atoms with E-state index < -0.39 is 5.79 Å². The van der Waals surface area contributed by atoms with Crippen molar-refractivity contribution in [2.24, 2.45) is 22.9 Å². The first-order valence-electron chi connectivity index (χ1n) is 15.1. The molecule has 42 heavy (non-hydrogen) atoms. The zero-order valence-electron chi connectivity index (χ0n) is 24.4. The van der Waals surface area contributed by atoms with Gasteiger partial charge in [0.1, 0.15) is 18.6 Å². The fraction of sp³-hybridized carbons (Fsp3) is 0.500. The van der Waals surface area contributed by atoms with E-state index in [4.69, 9.17) is 14.3 Å². The van der Waals surface area contributed by atoms with Gasteiger partial charge < -0.3 is 29.6 Å². The molecule has 6 unspecified atom stereocenters. The maximum absolute atomic E-state index is 10.7. The molecule has 3 N–H and O–H groups in total. The normalized spacial score (nSPS) is 28.8.